The molecule has 1 heterocycles. The second-order valence-corrected chi connectivity index (χ2v) is 7.63. The van der Waals surface area contributed by atoms with Crippen LogP contribution in [0, 0.1) is 18.7 Å². The molecule has 0 saturated heterocycles. The minimum atomic E-state index is -0.463. The summed E-state index contributed by atoms with van der Waals surface area (Å²) in [5.41, 5.74) is 3.89. The molecule has 1 spiro atoms. The van der Waals surface area contributed by atoms with Crippen molar-refractivity contribution in [3.8, 4) is 5.75 Å². The van der Waals surface area contributed by atoms with Gasteiger partial charge in [-0.3, -0.25) is 0 Å². The minimum absolute atomic E-state index is 0.0106. The zero-order valence-corrected chi connectivity index (χ0v) is 15.7. The van der Waals surface area contributed by atoms with Gasteiger partial charge >= 0.3 is 0 Å². The molecule has 1 N–H and O–H groups in total. The van der Waals surface area contributed by atoms with Crippen LogP contribution in [0.5, 0.6) is 5.75 Å². The average Bonchev–Trinajstić information content (AvgIpc) is 3.27. The molecule has 0 aromatic heterocycles. The van der Waals surface area contributed by atoms with E-state index in [1.54, 1.807) is 7.11 Å². The van der Waals surface area contributed by atoms with Crippen LogP contribution in [-0.4, -0.2) is 31.0 Å². The lowest BCUT2D eigenvalue weighted by Crippen LogP contribution is -2.33. The smallest absolute Gasteiger partial charge is 0.126 e. The van der Waals surface area contributed by atoms with Crippen molar-refractivity contribution in [1.29, 1.82) is 0 Å². The predicted molar refractivity (Wildman–Crippen MR) is 103 cm³/mol. The van der Waals surface area contributed by atoms with E-state index in [9.17, 15) is 9.50 Å². The Morgan fingerprint density at radius 3 is 2.70 bits per heavy atom. The number of hydrogen-bond donors (Lipinski definition) is 1. The van der Waals surface area contributed by atoms with Crippen LogP contribution in [0.1, 0.15) is 35.4 Å². The van der Waals surface area contributed by atoms with Gasteiger partial charge in [-0.2, -0.15) is 0 Å². The van der Waals surface area contributed by atoms with E-state index in [1.165, 1.54) is 17.7 Å². The topological polar surface area (TPSA) is 38.7 Å². The molecule has 1 aliphatic heterocycles. The fraction of sp³-hybridized carbons (Fsp3) is 0.391. The van der Waals surface area contributed by atoms with E-state index in [4.69, 9.17) is 9.47 Å². The van der Waals surface area contributed by atoms with Crippen LogP contribution in [0.15, 0.2) is 48.5 Å². The summed E-state index contributed by atoms with van der Waals surface area (Å²) in [6.45, 7) is 2.67. The van der Waals surface area contributed by atoms with Crippen molar-refractivity contribution in [2.75, 3.05) is 20.3 Å². The minimum Gasteiger partial charge on any atom is -0.496 e. The lowest BCUT2D eigenvalue weighted by Gasteiger charge is -2.32. The van der Waals surface area contributed by atoms with Gasteiger partial charge in [-0.15, -0.1) is 0 Å². The van der Waals surface area contributed by atoms with E-state index in [0.717, 1.165) is 35.3 Å². The Kier molecular flexibility index (Phi) is 4.79. The molecule has 4 rings (SSSR count). The summed E-state index contributed by atoms with van der Waals surface area (Å²) in [5.74, 6) is 0.698. The van der Waals surface area contributed by atoms with Crippen molar-refractivity contribution in [3.63, 3.8) is 0 Å². The first kappa shape index (κ1) is 18.2. The SMILES string of the molecule is COc1ccc(C)cc1C1=C[C@@]2(CC[C@H](CO)[C@H]2c2ccc(F)cc2)OC1. The van der Waals surface area contributed by atoms with Crippen molar-refractivity contribution >= 4 is 5.57 Å². The van der Waals surface area contributed by atoms with Crippen molar-refractivity contribution < 1.29 is 19.0 Å². The van der Waals surface area contributed by atoms with Gasteiger partial charge in [-0.25, -0.2) is 4.39 Å². The highest BCUT2D eigenvalue weighted by Crippen LogP contribution is 2.53. The lowest BCUT2D eigenvalue weighted by molar-refractivity contribution is 0.0106. The van der Waals surface area contributed by atoms with Crippen LogP contribution in [-0.2, 0) is 4.74 Å². The zero-order valence-electron chi connectivity index (χ0n) is 15.7. The van der Waals surface area contributed by atoms with Crippen molar-refractivity contribution in [2.24, 2.45) is 5.92 Å². The summed E-state index contributed by atoms with van der Waals surface area (Å²) in [6.07, 6.45) is 3.94. The van der Waals surface area contributed by atoms with E-state index in [-0.39, 0.29) is 24.3 Å². The van der Waals surface area contributed by atoms with Crippen molar-refractivity contribution in [1.82, 2.24) is 0 Å². The molecule has 3 atom stereocenters. The molecule has 2 aromatic carbocycles. The van der Waals surface area contributed by atoms with E-state index in [0.29, 0.717) is 6.61 Å². The van der Waals surface area contributed by atoms with Crippen LogP contribution in [0.25, 0.3) is 5.57 Å². The molecular formula is C23H25FO3. The van der Waals surface area contributed by atoms with Gasteiger partial charge < -0.3 is 14.6 Å². The van der Waals surface area contributed by atoms with E-state index in [2.05, 4.69) is 19.1 Å². The fourth-order valence-electron chi connectivity index (χ4n) is 4.70. The van der Waals surface area contributed by atoms with Gasteiger partial charge in [0.1, 0.15) is 11.6 Å². The third-order valence-corrected chi connectivity index (χ3v) is 5.98. The number of ether oxygens (including phenoxy) is 2. The molecule has 142 valence electrons. The summed E-state index contributed by atoms with van der Waals surface area (Å²) in [6, 6.07) is 12.7. The van der Waals surface area contributed by atoms with Gasteiger partial charge in [0, 0.05) is 18.1 Å². The number of benzene rings is 2. The van der Waals surface area contributed by atoms with Crippen LogP contribution < -0.4 is 4.74 Å². The fourth-order valence-corrected chi connectivity index (χ4v) is 4.70. The molecule has 0 radical (unpaired) electrons. The third kappa shape index (κ3) is 3.17. The Bertz CT molecular complexity index is 858. The molecule has 1 fully saturated rings. The molecule has 2 aromatic rings. The molecule has 0 amide bonds. The molecule has 3 nitrogen and oxygen atoms in total. The molecule has 1 aliphatic carbocycles. The van der Waals surface area contributed by atoms with Gasteiger partial charge in [0.15, 0.2) is 0 Å². The molecule has 2 aliphatic rings. The van der Waals surface area contributed by atoms with Gasteiger partial charge in [0.05, 0.1) is 19.3 Å². The zero-order chi connectivity index (χ0) is 19.0. The second-order valence-electron chi connectivity index (χ2n) is 7.63. The highest BCUT2D eigenvalue weighted by atomic mass is 19.1. The Morgan fingerprint density at radius 1 is 1.22 bits per heavy atom. The molecule has 1 saturated carbocycles. The number of aryl methyl sites for hydroxylation is 1. The van der Waals surface area contributed by atoms with Gasteiger partial charge in [-0.1, -0.05) is 23.8 Å². The number of methoxy groups -OCH3 is 1. The third-order valence-electron chi connectivity index (χ3n) is 5.98. The van der Waals surface area contributed by atoms with E-state index < -0.39 is 5.60 Å². The Balaban J connectivity index is 1.76. The van der Waals surface area contributed by atoms with Gasteiger partial charge in [0.2, 0.25) is 0 Å². The number of hydrogen-bond acceptors (Lipinski definition) is 3. The monoisotopic (exact) mass is 368 g/mol. The number of aliphatic hydroxyl groups is 1. The summed E-state index contributed by atoms with van der Waals surface area (Å²) in [4.78, 5) is 0. The van der Waals surface area contributed by atoms with Crippen LogP contribution in [0.2, 0.25) is 0 Å². The summed E-state index contributed by atoms with van der Waals surface area (Å²) >= 11 is 0. The predicted octanol–water partition coefficient (Wildman–Crippen LogP) is 4.48. The number of halogens is 1. The standard InChI is InChI=1S/C23H25FO3/c1-15-3-8-21(26-2)20(11-15)18-12-23(27-14-18)10-9-17(13-25)22(23)16-4-6-19(24)7-5-16/h3-8,11-12,17,22,25H,9-10,13-14H2,1-2H3/t17-,22-,23-/m1/s1. The number of aliphatic hydroxyl groups excluding tert-OH is 1. The van der Waals surface area contributed by atoms with Gasteiger partial charge in [-0.05, 0) is 67.2 Å². The maximum atomic E-state index is 13.4. The highest BCUT2D eigenvalue weighted by molar-refractivity contribution is 5.74. The molecular weight excluding hydrogens is 343 g/mol. The van der Waals surface area contributed by atoms with Gasteiger partial charge in [0.25, 0.3) is 0 Å². The largest absolute Gasteiger partial charge is 0.496 e. The molecule has 0 unspecified atom stereocenters. The quantitative estimate of drug-likeness (QED) is 0.865. The first-order valence-corrected chi connectivity index (χ1v) is 9.43. The highest BCUT2D eigenvalue weighted by Gasteiger charge is 2.51. The molecule has 4 heteroatoms. The Hall–Kier alpha value is -2.17. The lowest BCUT2D eigenvalue weighted by atomic mass is 9.80. The maximum absolute atomic E-state index is 13.4. The summed E-state index contributed by atoms with van der Waals surface area (Å²) in [5, 5.41) is 9.93. The average molecular weight is 368 g/mol. The van der Waals surface area contributed by atoms with E-state index >= 15 is 0 Å². The van der Waals surface area contributed by atoms with Crippen LogP contribution in [0.3, 0.4) is 0 Å². The normalized spacial score (nSPS) is 27.2. The second kappa shape index (κ2) is 7.10. The van der Waals surface area contributed by atoms with Crippen LogP contribution in [0.4, 0.5) is 4.39 Å². The van der Waals surface area contributed by atoms with Crippen molar-refractivity contribution in [3.05, 3.63) is 71.0 Å². The van der Waals surface area contributed by atoms with Crippen molar-refractivity contribution in [2.45, 2.75) is 31.3 Å². The first-order valence-electron chi connectivity index (χ1n) is 9.43. The molecule has 27 heavy (non-hydrogen) atoms. The summed E-state index contributed by atoms with van der Waals surface area (Å²) in [7, 11) is 1.68. The summed E-state index contributed by atoms with van der Waals surface area (Å²) < 4.78 is 25.4. The Labute approximate surface area is 159 Å². The maximum Gasteiger partial charge on any atom is 0.126 e. The van der Waals surface area contributed by atoms with Crippen LogP contribution >= 0.6 is 0 Å². The Morgan fingerprint density at radius 2 is 2.00 bits per heavy atom. The number of rotatable bonds is 4. The first-order chi connectivity index (χ1) is 13.1. The van der Waals surface area contributed by atoms with E-state index in [1.807, 2.05) is 24.3 Å². The molecule has 0 bridgehead atoms.